The van der Waals surface area contributed by atoms with Crippen molar-refractivity contribution in [2.75, 3.05) is 12.3 Å². The predicted molar refractivity (Wildman–Crippen MR) is 59.5 cm³/mol. The van der Waals surface area contributed by atoms with Gasteiger partial charge in [-0.1, -0.05) is 12.1 Å². The van der Waals surface area contributed by atoms with Gasteiger partial charge in [-0.15, -0.1) is 0 Å². The molecule has 0 saturated carbocycles. The van der Waals surface area contributed by atoms with Gasteiger partial charge in [-0.25, -0.2) is 0 Å². The van der Waals surface area contributed by atoms with Crippen LogP contribution in [-0.2, 0) is 11.3 Å². The topological polar surface area (TPSA) is 72.4 Å². The number of fused-ring (bicyclic) bond motifs is 1. The first-order valence-corrected chi connectivity index (χ1v) is 4.75. The largest absolute Gasteiger partial charge is 0.398 e. The van der Waals surface area contributed by atoms with E-state index in [-0.39, 0.29) is 12.5 Å². The van der Waals surface area contributed by atoms with Crippen molar-refractivity contribution in [2.45, 2.75) is 6.54 Å². The van der Waals surface area contributed by atoms with E-state index in [1.807, 2.05) is 35.4 Å². The van der Waals surface area contributed by atoms with Crippen LogP contribution in [-0.4, -0.2) is 17.4 Å². The highest BCUT2D eigenvalue weighted by molar-refractivity contribution is 5.77. The number of hydrogen-bond acceptors (Lipinski definition) is 3. The zero-order valence-electron chi connectivity index (χ0n) is 8.31. The van der Waals surface area contributed by atoms with Gasteiger partial charge in [-0.2, -0.15) is 0 Å². The lowest BCUT2D eigenvalue weighted by Crippen LogP contribution is -2.31. The smallest absolute Gasteiger partial charge is 0.236 e. The number of nitrogen functional groups attached to an aromatic ring is 1. The number of nitrogens with zero attached hydrogens (tertiary/aromatic N) is 1. The van der Waals surface area contributed by atoms with Crippen molar-refractivity contribution in [1.82, 2.24) is 4.90 Å². The molecule has 0 radical (unpaired) electrons. The molecule has 1 aromatic carbocycles. The molecule has 4 heteroatoms. The Labute approximate surface area is 88.2 Å². The van der Waals surface area contributed by atoms with Crippen LogP contribution in [0.3, 0.4) is 0 Å². The van der Waals surface area contributed by atoms with Gasteiger partial charge in [-0.05, 0) is 17.7 Å². The second-order valence-corrected chi connectivity index (χ2v) is 3.61. The van der Waals surface area contributed by atoms with E-state index in [1.54, 1.807) is 0 Å². The summed E-state index contributed by atoms with van der Waals surface area (Å²) in [7, 11) is 0. The quantitative estimate of drug-likeness (QED) is 0.689. The maximum atomic E-state index is 10.8. The fourth-order valence-corrected chi connectivity index (χ4v) is 1.73. The molecular formula is C11H13N3O. The summed E-state index contributed by atoms with van der Waals surface area (Å²) in [4.78, 5) is 12.6. The summed E-state index contributed by atoms with van der Waals surface area (Å²) in [6.07, 6.45) is 3.76. The molecule has 4 nitrogen and oxygen atoms in total. The van der Waals surface area contributed by atoms with Gasteiger partial charge in [-0.3, -0.25) is 4.79 Å². The Hall–Kier alpha value is -1.97. The second-order valence-electron chi connectivity index (χ2n) is 3.61. The average Bonchev–Trinajstić information content (AvgIpc) is 2.17. The number of carbonyl (C=O) groups excluding carboxylic acids is 1. The summed E-state index contributed by atoms with van der Waals surface area (Å²) in [6, 6.07) is 5.78. The number of amides is 1. The summed E-state index contributed by atoms with van der Waals surface area (Å²) < 4.78 is 0. The monoisotopic (exact) mass is 203 g/mol. The first kappa shape index (κ1) is 9.58. The molecule has 78 valence electrons. The van der Waals surface area contributed by atoms with E-state index in [4.69, 9.17) is 11.5 Å². The summed E-state index contributed by atoms with van der Waals surface area (Å²) >= 11 is 0. The molecule has 1 amide bonds. The Kier molecular flexibility index (Phi) is 2.33. The fourth-order valence-electron chi connectivity index (χ4n) is 1.73. The summed E-state index contributed by atoms with van der Waals surface area (Å²) in [6.45, 7) is 0.921. The molecule has 4 N–H and O–H groups in total. The Balaban J connectivity index is 2.24. The van der Waals surface area contributed by atoms with E-state index in [0.717, 1.165) is 16.8 Å². The van der Waals surface area contributed by atoms with Crippen LogP contribution in [0.4, 0.5) is 5.69 Å². The molecule has 0 atom stereocenters. The van der Waals surface area contributed by atoms with E-state index in [0.29, 0.717) is 6.54 Å². The van der Waals surface area contributed by atoms with E-state index in [2.05, 4.69) is 0 Å². The molecule has 0 aliphatic carbocycles. The van der Waals surface area contributed by atoms with Crippen molar-refractivity contribution in [3.63, 3.8) is 0 Å². The number of nitrogens with two attached hydrogens (primary N) is 2. The van der Waals surface area contributed by atoms with Gasteiger partial charge in [0, 0.05) is 24.0 Å². The minimum absolute atomic E-state index is 0.241. The lowest BCUT2D eigenvalue weighted by atomic mass is 10.0. The first-order chi connectivity index (χ1) is 7.16. The third kappa shape index (κ3) is 1.93. The Bertz CT molecular complexity index is 426. The van der Waals surface area contributed by atoms with Crippen LogP contribution in [0, 0.1) is 0 Å². The molecule has 0 saturated heterocycles. The normalized spacial score (nSPS) is 13.7. The molecule has 0 spiro atoms. The lowest BCUT2D eigenvalue weighted by molar-refractivity contribution is -0.118. The van der Waals surface area contributed by atoms with Crippen LogP contribution in [0.2, 0.25) is 0 Å². The fraction of sp³-hybridized carbons (Fsp3) is 0.182. The minimum atomic E-state index is -0.327. The van der Waals surface area contributed by atoms with Gasteiger partial charge < -0.3 is 16.4 Å². The third-order valence-corrected chi connectivity index (χ3v) is 2.41. The highest BCUT2D eigenvalue weighted by atomic mass is 16.1. The molecule has 1 aromatic rings. The molecule has 0 unspecified atom stereocenters. The van der Waals surface area contributed by atoms with E-state index in [9.17, 15) is 4.79 Å². The Morgan fingerprint density at radius 3 is 3.00 bits per heavy atom. The summed E-state index contributed by atoms with van der Waals surface area (Å²) in [5, 5.41) is 0. The van der Waals surface area contributed by atoms with Crippen molar-refractivity contribution in [3.8, 4) is 0 Å². The third-order valence-electron chi connectivity index (χ3n) is 2.41. The van der Waals surface area contributed by atoms with Crippen molar-refractivity contribution < 1.29 is 4.79 Å². The van der Waals surface area contributed by atoms with Crippen LogP contribution in [0.25, 0.3) is 6.08 Å². The van der Waals surface area contributed by atoms with Crippen LogP contribution < -0.4 is 11.5 Å². The van der Waals surface area contributed by atoms with E-state index < -0.39 is 0 Å². The average molecular weight is 203 g/mol. The highest BCUT2D eigenvalue weighted by Crippen LogP contribution is 2.24. The zero-order valence-corrected chi connectivity index (χ0v) is 8.31. The Morgan fingerprint density at radius 1 is 1.47 bits per heavy atom. The van der Waals surface area contributed by atoms with E-state index >= 15 is 0 Å². The molecule has 1 heterocycles. The number of primary amides is 1. The van der Waals surface area contributed by atoms with Gasteiger partial charge in [0.25, 0.3) is 0 Å². The highest BCUT2D eigenvalue weighted by Gasteiger charge is 2.13. The van der Waals surface area contributed by atoms with Crippen molar-refractivity contribution in [3.05, 3.63) is 35.5 Å². The SMILES string of the molecule is NC(=O)CN1C=Cc2c(N)cccc2C1. The Morgan fingerprint density at radius 2 is 2.27 bits per heavy atom. The zero-order chi connectivity index (χ0) is 10.8. The molecule has 1 aliphatic rings. The maximum Gasteiger partial charge on any atom is 0.236 e. The van der Waals surface area contributed by atoms with Gasteiger partial charge in [0.15, 0.2) is 0 Å². The maximum absolute atomic E-state index is 10.8. The summed E-state index contributed by atoms with van der Waals surface area (Å²) in [5.74, 6) is -0.327. The molecule has 2 rings (SSSR count). The molecular weight excluding hydrogens is 190 g/mol. The standard InChI is InChI=1S/C11H13N3O/c12-10-3-1-2-8-6-14(7-11(13)15)5-4-9(8)10/h1-5H,6-7,12H2,(H2,13,15). The number of hydrogen-bond donors (Lipinski definition) is 2. The second kappa shape index (κ2) is 3.65. The van der Waals surface area contributed by atoms with Gasteiger partial charge in [0.2, 0.25) is 5.91 Å². The lowest BCUT2D eigenvalue weighted by Gasteiger charge is -2.24. The van der Waals surface area contributed by atoms with Gasteiger partial charge in [0.05, 0.1) is 6.54 Å². The van der Waals surface area contributed by atoms with Crippen LogP contribution >= 0.6 is 0 Å². The molecule has 1 aliphatic heterocycles. The van der Waals surface area contributed by atoms with Crippen molar-refractivity contribution in [1.29, 1.82) is 0 Å². The van der Waals surface area contributed by atoms with Crippen LogP contribution in [0.5, 0.6) is 0 Å². The van der Waals surface area contributed by atoms with Crippen molar-refractivity contribution in [2.24, 2.45) is 5.73 Å². The molecule has 0 aromatic heterocycles. The molecule has 0 fully saturated rings. The summed E-state index contributed by atoms with van der Waals surface area (Å²) in [5.41, 5.74) is 13.9. The first-order valence-electron chi connectivity index (χ1n) is 4.75. The minimum Gasteiger partial charge on any atom is -0.398 e. The van der Waals surface area contributed by atoms with Gasteiger partial charge >= 0.3 is 0 Å². The van der Waals surface area contributed by atoms with Crippen LogP contribution in [0.15, 0.2) is 24.4 Å². The van der Waals surface area contributed by atoms with Crippen molar-refractivity contribution >= 4 is 17.7 Å². The number of rotatable bonds is 2. The number of anilines is 1. The predicted octanol–water partition coefficient (Wildman–Crippen LogP) is 0.540. The van der Waals surface area contributed by atoms with Gasteiger partial charge in [0.1, 0.15) is 0 Å². The van der Waals surface area contributed by atoms with Crippen LogP contribution in [0.1, 0.15) is 11.1 Å². The molecule has 0 bridgehead atoms. The number of benzene rings is 1. The van der Waals surface area contributed by atoms with E-state index in [1.165, 1.54) is 0 Å². The number of carbonyl (C=O) groups is 1. The molecule has 15 heavy (non-hydrogen) atoms.